The van der Waals surface area contributed by atoms with Crippen molar-refractivity contribution in [3.05, 3.63) is 82.8 Å². The Morgan fingerprint density at radius 1 is 0.877 bits per heavy atom. The van der Waals surface area contributed by atoms with Crippen LogP contribution < -0.4 is 31.1 Å². The minimum Gasteiger partial charge on any atom is -0.494 e. The molecule has 12 nitrogen and oxygen atoms in total. The summed E-state index contributed by atoms with van der Waals surface area (Å²) < 4.78 is 7.40. The van der Waals surface area contributed by atoms with Crippen LogP contribution in [0, 0.1) is 30.6 Å². The number of hydrogen-bond donors (Lipinski definition) is 3. The number of benzene rings is 2. The number of carbonyl (C=O) groups excluding carboxylic acids is 2. The standard InChI is InChI=1S/C45H56N8O4/c1-30-24-41(54)53(36-11-9-10-34(27-36)48-43(55)32-14-15-32)42-38(30)29-47-45(50-42)49-39-17-16-35(28-40(39)57-2)52-22-20-51(21-23-52)19-8-6-4-3-5-7-18-46-44(56)37-26-31-12-13-33(37)25-31/h9-13,16-17,24,27-29,31-33,37H,3-8,14-15,18-23,25-26H2,1-2H3,(H,46,56)(H,48,55)(H,47,49,50)/t31-,33+,37?/m0/s1. The zero-order valence-corrected chi connectivity index (χ0v) is 33.3. The number of aryl methyl sites for hydroxylation is 1. The second kappa shape index (κ2) is 17.5. The van der Waals surface area contributed by atoms with Gasteiger partial charge in [-0.05, 0) is 99.7 Å². The molecule has 3 aliphatic carbocycles. The second-order valence-corrected chi connectivity index (χ2v) is 16.4. The number of pyridine rings is 1. The molecule has 4 aliphatic rings. The summed E-state index contributed by atoms with van der Waals surface area (Å²) >= 11 is 0. The van der Waals surface area contributed by atoms with E-state index in [2.05, 4.69) is 55.0 Å². The van der Waals surface area contributed by atoms with E-state index in [1.807, 2.05) is 31.2 Å². The summed E-state index contributed by atoms with van der Waals surface area (Å²) in [5, 5.41) is 10.3. The van der Waals surface area contributed by atoms with Crippen molar-refractivity contribution in [3.8, 4) is 11.4 Å². The molecule has 3 heterocycles. The number of piperazine rings is 1. The van der Waals surface area contributed by atoms with Gasteiger partial charge in [0.15, 0.2) is 5.65 Å². The van der Waals surface area contributed by atoms with E-state index in [0.29, 0.717) is 40.6 Å². The number of ether oxygens (including phenoxy) is 1. The third-order valence-electron chi connectivity index (χ3n) is 12.3. The van der Waals surface area contributed by atoms with Gasteiger partial charge in [-0.15, -0.1) is 0 Å². The van der Waals surface area contributed by atoms with Crippen LogP contribution in [0.3, 0.4) is 0 Å². The molecule has 3 N–H and O–H groups in total. The maximum Gasteiger partial charge on any atom is 0.257 e. The minimum absolute atomic E-state index is 0.0105. The van der Waals surface area contributed by atoms with Gasteiger partial charge in [0.2, 0.25) is 17.8 Å². The fraction of sp³-hybridized carbons (Fsp3) is 0.489. The van der Waals surface area contributed by atoms with Crippen LogP contribution >= 0.6 is 0 Å². The van der Waals surface area contributed by atoms with Crippen LogP contribution in [0.4, 0.5) is 23.0 Å². The minimum atomic E-state index is -0.217. The summed E-state index contributed by atoms with van der Waals surface area (Å²) in [6.07, 6.45) is 17.5. The van der Waals surface area contributed by atoms with Crippen molar-refractivity contribution in [3.63, 3.8) is 0 Å². The third kappa shape index (κ3) is 9.17. The van der Waals surface area contributed by atoms with Gasteiger partial charge >= 0.3 is 0 Å². The second-order valence-electron chi connectivity index (χ2n) is 16.4. The van der Waals surface area contributed by atoms with Gasteiger partial charge in [0.1, 0.15) is 5.75 Å². The lowest BCUT2D eigenvalue weighted by Crippen LogP contribution is -2.46. The SMILES string of the molecule is COc1cc(N2CCN(CCCCCCCCNC(=O)C3C[C@H]4C=C[C@@H]3C4)CC2)ccc1Nc1ncc2c(C)cc(=O)n(-c3cccc(NC(=O)C4CC4)c3)c2n1. The summed E-state index contributed by atoms with van der Waals surface area (Å²) in [7, 11) is 1.66. The number of rotatable bonds is 17. The van der Waals surface area contributed by atoms with Crippen LogP contribution in [0.15, 0.2) is 71.7 Å². The molecule has 12 heteroatoms. The highest BCUT2D eigenvalue weighted by Crippen LogP contribution is 2.43. The first-order valence-electron chi connectivity index (χ1n) is 21.0. The van der Waals surface area contributed by atoms with E-state index in [1.165, 1.54) is 38.5 Å². The predicted octanol–water partition coefficient (Wildman–Crippen LogP) is 6.98. The molecular formula is C45H56N8O4. The number of aromatic nitrogens is 3. The Labute approximate surface area is 335 Å². The van der Waals surface area contributed by atoms with Crippen LogP contribution in [-0.2, 0) is 9.59 Å². The first kappa shape index (κ1) is 38.6. The zero-order valence-electron chi connectivity index (χ0n) is 33.3. The molecule has 3 fully saturated rings. The average Bonchev–Trinajstić information content (AvgIpc) is 3.86. The van der Waals surface area contributed by atoms with Gasteiger partial charge in [-0.3, -0.25) is 23.9 Å². The first-order valence-corrected chi connectivity index (χ1v) is 21.0. The number of allylic oxidation sites excluding steroid dienone is 2. The number of anilines is 4. The fourth-order valence-electron chi connectivity index (χ4n) is 8.80. The summed E-state index contributed by atoms with van der Waals surface area (Å²) in [5.74, 6) is 2.71. The van der Waals surface area contributed by atoms with Gasteiger partial charge in [0.05, 0.1) is 18.5 Å². The van der Waals surface area contributed by atoms with E-state index >= 15 is 0 Å². The number of nitrogens with zero attached hydrogens (tertiary/aromatic N) is 5. The topological polar surface area (TPSA) is 134 Å². The molecule has 1 aliphatic heterocycles. The Balaban J connectivity index is 0.806. The van der Waals surface area contributed by atoms with E-state index in [1.54, 1.807) is 30.0 Å². The Hall–Kier alpha value is -5.23. The lowest BCUT2D eigenvalue weighted by molar-refractivity contribution is -0.125. The Bertz CT molecular complexity index is 2170. The van der Waals surface area contributed by atoms with Crippen molar-refractivity contribution in [1.82, 2.24) is 24.8 Å². The highest BCUT2D eigenvalue weighted by molar-refractivity contribution is 5.94. The van der Waals surface area contributed by atoms with Crippen molar-refractivity contribution >= 4 is 45.9 Å². The van der Waals surface area contributed by atoms with Gasteiger partial charge in [-0.1, -0.05) is 43.9 Å². The van der Waals surface area contributed by atoms with Gasteiger partial charge < -0.3 is 25.6 Å². The summed E-state index contributed by atoms with van der Waals surface area (Å²) in [6, 6.07) is 15.0. The molecule has 300 valence electrons. The smallest absolute Gasteiger partial charge is 0.257 e. The average molecular weight is 773 g/mol. The Kier molecular flexibility index (Phi) is 11.9. The molecule has 8 rings (SSSR count). The van der Waals surface area contributed by atoms with Crippen LogP contribution in [0.25, 0.3) is 16.7 Å². The number of amides is 2. The van der Waals surface area contributed by atoms with E-state index in [-0.39, 0.29) is 29.2 Å². The molecule has 2 saturated carbocycles. The lowest BCUT2D eigenvalue weighted by atomic mass is 9.93. The number of methoxy groups -OCH3 is 1. The van der Waals surface area contributed by atoms with Crippen LogP contribution in [0.1, 0.15) is 69.8 Å². The first-order chi connectivity index (χ1) is 27.8. The molecule has 57 heavy (non-hydrogen) atoms. The van der Waals surface area contributed by atoms with Gasteiger partial charge in [-0.2, -0.15) is 4.98 Å². The van der Waals surface area contributed by atoms with E-state index in [9.17, 15) is 14.4 Å². The van der Waals surface area contributed by atoms with E-state index in [4.69, 9.17) is 9.72 Å². The number of hydrogen-bond acceptors (Lipinski definition) is 9. The fourth-order valence-corrected chi connectivity index (χ4v) is 8.80. The largest absolute Gasteiger partial charge is 0.494 e. The third-order valence-corrected chi connectivity index (χ3v) is 12.3. The highest BCUT2D eigenvalue weighted by atomic mass is 16.5. The van der Waals surface area contributed by atoms with Crippen LogP contribution in [0.5, 0.6) is 5.75 Å². The summed E-state index contributed by atoms with van der Waals surface area (Å²) in [6.45, 7) is 7.80. The number of unbranched alkanes of at least 4 members (excludes halogenated alkanes) is 5. The molecule has 0 radical (unpaired) electrons. The number of fused-ring (bicyclic) bond motifs is 3. The molecule has 2 amide bonds. The van der Waals surface area contributed by atoms with Crippen molar-refractivity contribution in [2.24, 2.45) is 23.7 Å². The normalized spacial score (nSPS) is 20.2. The number of carbonyl (C=O) groups is 2. The summed E-state index contributed by atoms with van der Waals surface area (Å²) in [5.41, 5.74) is 4.12. The Morgan fingerprint density at radius 3 is 2.44 bits per heavy atom. The Morgan fingerprint density at radius 2 is 1.68 bits per heavy atom. The molecule has 2 aromatic heterocycles. The van der Waals surface area contributed by atoms with Gasteiger partial charge in [-0.25, -0.2) is 4.98 Å². The summed E-state index contributed by atoms with van der Waals surface area (Å²) in [4.78, 5) is 52.8. The van der Waals surface area contributed by atoms with Crippen LogP contribution in [0.2, 0.25) is 0 Å². The monoisotopic (exact) mass is 772 g/mol. The van der Waals surface area contributed by atoms with Crippen molar-refractivity contribution < 1.29 is 14.3 Å². The van der Waals surface area contributed by atoms with Gasteiger partial charge in [0, 0.05) is 79.7 Å². The molecule has 2 bridgehead atoms. The maximum absolute atomic E-state index is 13.4. The predicted molar refractivity (Wildman–Crippen MR) is 226 cm³/mol. The molecule has 2 aromatic carbocycles. The maximum atomic E-state index is 13.4. The molecule has 4 aromatic rings. The quantitative estimate of drug-likeness (QED) is 0.0768. The highest BCUT2D eigenvalue weighted by Gasteiger charge is 2.39. The number of nitrogens with one attached hydrogen (secondary N) is 3. The van der Waals surface area contributed by atoms with E-state index < -0.39 is 0 Å². The van der Waals surface area contributed by atoms with Crippen molar-refractivity contribution in [1.29, 1.82) is 0 Å². The zero-order chi connectivity index (χ0) is 39.3. The molecular weight excluding hydrogens is 717 g/mol. The van der Waals surface area contributed by atoms with Crippen molar-refractivity contribution in [2.45, 2.75) is 71.1 Å². The van der Waals surface area contributed by atoms with Crippen LogP contribution in [-0.4, -0.2) is 77.6 Å². The van der Waals surface area contributed by atoms with Gasteiger partial charge in [0.25, 0.3) is 5.56 Å². The molecule has 1 saturated heterocycles. The van der Waals surface area contributed by atoms with Crippen molar-refractivity contribution in [2.75, 3.05) is 61.9 Å². The molecule has 3 atom stereocenters. The molecule has 0 spiro atoms. The van der Waals surface area contributed by atoms with E-state index in [0.717, 1.165) is 87.3 Å². The molecule has 1 unspecified atom stereocenters. The lowest BCUT2D eigenvalue weighted by Gasteiger charge is -2.36.